The van der Waals surface area contributed by atoms with Crippen LogP contribution < -0.4 is 10.5 Å². The lowest BCUT2D eigenvalue weighted by molar-refractivity contribution is 0.393. The molecule has 4 aromatic rings. The Bertz CT molecular complexity index is 1350. The van der Waals surface area contributed by atoms with E-state index in [1.807, 2.05) is 16.7 Å². The Morgan fingerprint density at radius 3 is 2.50 bits per heavy atom. The molecule has 0 bridgehead atoms. The number of hydrogen-bond donors (Lipinski definition) is 4. The fourth-order valence-electron chi connectivity index (χ4n) is 3.51. The first kappa shape index (κ1) is 21.7. The van der Waals surface area contributed by atoms with Gasteiger partial charge in [-0.25, -0.2) is 13.4 Å². The second kappa shape index (κ2) is 8.89. The van der Waals surface area contributed by atoms with E-state index in [-0.39, 0.29) is 0 Å². The molecule has 0 amide bonds. The van der Waals surface area contributed by atoms with Gasteiger partial charge in [-0.15, -0.1) is 0 Å². The molecule has 0 unspecified atom stereocenters. The molecule has 0 saturated heterocycles. The summed E-state index contributed by atoms with van der Waals surface area (Å²) in [6.07, 6.45) is 3.66. The molecule has 1 heterocycles. The molecule has 0 aliphatic carbocycles. The van der Waals surface area contributed by atoms with Gasteiger partial charge in [0.15, 0.2) is 11.5 Å². The molecule has 5 N–H and O–H groups in total. The SMILES string of the molecule is NCCCc1ccc2c(c1)ncn2Cc1ccc(NS(=O)(=O)c2cccc(O)c2O)cc1. The zero-order valence-corrected chi connectivity index (χ0v) is 18.1. The van der Waals surface area contributed by atoms with Crippen molar-refractivity contribution in [2.45, 2.75) is 24.3 Å². The Kier molecular flexibility index (Phi) is 6.02. The molecule has 0 spiro atoms. The lowest BCUT2D eigenvalue weighted by Gasteiger charge is -2.11. The van der Waals surface area contributed by atoms with Crippen molar-refractivity contribution in [3.8, 4) is 11.5 Å². The summed E-state index contributed by atoms with van der Waals surface area (Å²) in [4.78, 5) is 4.10. The van der Waals surface area contributed by atoms with Crippen LogP contribution in [0.5, 0.6) is 11.5 Å². The third-order valence-corrected chi connectivity index (χ3v) is 6.59. The van der Waals surface area contributed by atoms with Crippen LogP contribution in [0, 0.1) is 0 Å². The molecule has 1 aromatic heterocycles. The highest BCUT2D eigenvalue weighted by molar-refractivity contribution is 7.92. The number of para-hydroxylation sites is 1. The van der Waals surface area contributed by atoms with E-state index in [2.05, 4.69) is 27.9 Å². The van der Waals surface area contributed by atoms with Gasteiger partial charge in [0.2, 0.25) is 0 Å². The normalized spacial score (nSPS) is 11.7. The van der Waals surface area contributed by atoms with Gasteiger partial charge in [0.05, 0.1) is 17.4 Å². The predicted molar refractivity (Wildman–Crippen MR) is 123 cm³/mol. The number of sulfonamides is 1. The van der Waals surface area contributed by atoms with E-state index in [9.17, 15) is 18.6 Å². The zero-order chi connectivity index (χ0) is 22.7. The number of nitrogens with one attached hydrogen (secondary N) is 1. The number of aromatic hydroxyl groups is 2. The Labute approximate surface area is 186 Å². The molecule has 3 aromatic carbocycles. The smallest absolute Gasteiger partial charge is 0.265 e. The minimum Gasteiger partial charge on any atom is -0.504 e. The van der Waals surface area contributed by atoms with Crippen LogP contribution in [-0.4, -0.2) is 34.7 Å². The number of benzene rings is 3. The first-order valence-corrected chi connectivity index (χ1v) is 11.6. The van der Waals surface area contributed by atoms with Crippen molar-refractivity contribution in [3.63, 3.8) is 0 Å². The second-order valence-electron chi connectivity index (χ2n) is 7.51. The van der Waals surface area contributed by atoms with Crippen LogP contribution in [-0.2, 0) is 23.0 Å². The van der Waals surface area contributed by atoms with Gasteiger partial charge in [-0.1, -0.05) is 24.3 Å². The molecule has 9 heteroatoms. The molecule has 32 heavy (non-hydrogen) atoms. The number of fused-ring (bicyclic) bond motifs is 1. The van der Waals surface area contributed by atoms with Gasteiger partial charge in [-0.05, 0) is 66.9 Å². The van der Waals surface area contributed by atoms with Gasteiger partial charge in [0, 0.05) is 12.2 Å². The van der Waals surface area contributed by atoms with Gasteiger partial charge in [0.1, 0.15) is 4.90 Å². The Morgan fingerprint density at radius 2 is 1.75 bits per heavy atom. The predicted octanol–water partition coefficient (Wildman–Crippen LogP) is 3.19. The van der Waals surface area contributed by atoms with E-state index >= 15 is 0 Å². The van der Waals surface area contributed by atoms with Crippen LogP contribution in [0.2, 0.25) is 0 Å². The van der Waals surface area contributed by atoms with E-state index < -0.39 is 26.4 Å². The van der Waals surface area contributed by atoms with Crippen LogP contribution in [0.4, 0.5) is 5.69 Å². The maximum atomic E-state index is 12.6. The lowest BCUT2D eigenvalue weighted by atomic mass is 10.1. The largest absolute Gasteiger partial charge is 0.504 e. The van der Waals surface area contributed by atoms with Crippen molar-refractivity contribution in [1.82, 2.24) is 9.55 Å². The summed E-state index contributed by atoms with van der Waals surface area (Å²) >= 11 is 0. The molecule has 0 atom stereocenters. The van der Waals surface area contributed by atoms with Crippen LogP contribution in [0.15, 0.2) is 71.9 Å². The number of aryl methyl sites for hydroxylation is 1. The van der Waals surface area contributed by atoms with Crippen LogP contribution in [0.1, 0.15) is 17.5 Å². The molecule has 0 aliphatic rings. The summed E-state index contributed by atoms with van der Waals surface area (Å²) in [6, 6.07) is 16.9. The molecule has 8 nitrogen and oxygen atoms in total. The van der Waals surface area contributed by atoms with Gasteiger partial charge < -0.3 is 20.5 Å². The van der Waals surface area contributed by atoms with E-state index in [0.29, 0.717) is 18.8 Å². The highest BCUT2D eigenvalue weighted by Crippen LogP contribution is 2.32. The summed E-state index contributed by atoms with van der Waals surface area (Å²) in [5, 5.41) is 19.4. The molecule has 4 rings (SSSR count). The highest BCUT2D eigenvalue weighted by atomic mass is 32.2. The number of imidazole rings is 1. The third kappa shape index (κ3) is 4.53. The number of aromatic nitrogens is 2. The third-order valence-electron chi connectivity index (χ3n) is 5.18. The molecular weight excluding hydrogens is 428 g/mol. The quantitative estimate of drug-likeness (QED) is 0.304. The average molecular weight is 453 g/mol. The number of phenols is 2. The van der Waals surface area contributed by atoms with Gasteiger partial charge in [0.25, 0.3) is 10.0 Å². The maximum absolute atomic E-state index is 12.6. The Balaban J connectivity index is 1.49. The summed E-state index contributed by atoms with van der Waals surface area (Å²) in [5.41, 5.74) is 10.1. The van der Waals surface area contributed by atoms with E-state index in [1.54, 1.807) is 18.5 Å². The monoisotopic (exact) mass is 452 g/mol. The summed E-state index contributed by atoms with van der Waals surface area (Å²) in [7, 11) is -4.05. The zero-order valence-electron chi connectivity index (χ0n) is 17.3. The minimum absolute atomic E-state index is 0.344. The van der Waals surface area contributed by atoms with Crippen molar-refractivity contribution >= 4 is 26.7 Å². The fraction of sp³-hybridized carbons (Fsp3) is 0.174. The van der Waals surface area contributed by atoms with Gasteiger partial charge in [-0.2, -0.15) is 0 Å². The minimum atomic E-state index is -4.05. The van der Waals surface area contributed by atoms with Crippen molar-refractivity contribution in [1.29, 1.82) is 0 Å². The number of nitrogens with two attached hydrogens (primary N) is 1. The van der Waals surface area contributed by atoms with Crippen molar-refractivity contribution < 1.29 is 18.6 Å². The summed E-state index contributed by atoms with van der Waals surface area (Å²) in [6.45, 7) is 1.24. The molecule has 0 saturated carbocycles. The van der Waals surface area contributed by atoms with Crippen LogP contribution >= 0.6 is 0 Å². The van der Waals surface area contributed by atoms with Crippen LogP contribution in [0.25, 0.3) is 11.0 Å². The number of phenolic OH excluding ortho intramolecular Hbond substituents is 2. The van der Waals surface area contributed by atoms with Gasteiger partial charge >= 0.3 is 0 Å². The van der Waals surface area contributed by atoms with Crippen molar-refractivity contribution in [3.05, 3.63) is 78.1 Å². The molecule has 166 valence electrons. The summed E-state index contributed by atoms with van der Waals surface area (Å²) < 4.78 is 29.6. The lowest BCUT2D eigenvalue weighted by Crippen LogP contribution is -2.13. The van der Waals surface area contributed by atoms with Gasteiger partial charge in [-0.3, -0.25) is 4.72 Å². The van der Waals surface area contributed by atoms with E-state index in [0.717, 1.165) is 29.4 Å². The fourth-order valence-corrected chi connectivity index (χ4v) is 4.68. The topological polar surface area (TPSA) is 130 Å². The Morgan fingerprint density at radius 1 is 1.00 bits per heavy atom. The second-order valence-corrected chi connectivity index (χ2v) is 9.16. The first-order chi connectivity index (χ1) is 15.4. The standard InChI is InChI=1S/C23H24N4O4S/c24-12-2-3-16-8-11-20-19(13-16)25-15-27(20)14-17-6-9-18(10-7-17)26-32(30,31)22-5-1-4-21(28)23(22)29/h1,4-11,13,15,26,28-29H,2-3,12,14,24H2. The van der Waals surface area contributed by atoms with Crippen LogP contribution in [0.3, 0.4) is 0 Å². The number of rotatable bonds is 8. The highest BCUT2D eigenvalue weighted by Gasteiger charge is 2.20. The first-order valence-electron chi connectivity index (χ1n) is 10.1. The average Bonchev–Trinajstić information content (AvgIpc) is 3.17. The van der Waals surface area contributed by atoms with Crippen molar-refractivity contribution in [2.24, 2.45) is 5.73 Å². The molecule has 0 fully saturated rings. The molecule has 0 radical (unpaired) electrons. The molecular formula is C23H24N4O4S. The van der Waals surface area contributed by atoms with E-state index in [1.165, 1.54) is 23.8 Å². The summed E-state index contributed by atoms with van der Waals surface area (Å²) in [5.74, 6) is -1.18. The van der Waals surface area contributed by atoms with E-state index in [4.69, 9.17) is 5.73 Å². The van der Waals surface area contributed by atoms with Crippen molar-refractivity contribution in [2.75, 3.05) is 11.3 Å². The number of nitrogens with zero attached hydrogens (tertiary/aromatic N) is 2. The maximum Gasteiger partial charge on any atom is 0.265 e. The number of hydrogen-bond acceptors (Lipinski definition) is 6. The number of anilines is 1. The molecule has 0 aliphatic heterocycles. The Hall–Kier alpha value is -3.56.